The first-order valence-corrected chi connectivity index (χ1v) is 6.99. The van der Waals surface area contributed by atoms with Gasteiger partial charge in [0.25, 0.3) is 0 Å². The Hall–Kier alpha value is -0.0300. The Bertz CT molecular complexity index is 294. The van der Waals surface area contributed by atoms with Gasteiger partial charge in [0.2, 0.25) is 0 Å². The van der Waals surface area contributed by atoms with Gasteiger partial charge in [0.05, 0.1) is 0 Å². The Morgan fingerprint density at radius 3 is 2.93 bits per heavy atom. The van der Waals surface area contributed by atoms with E-state index in [1.54, 1.807) is 0 Å². The van der Waals surface area contributed by atoms with Crippen LogP contribution in [0.5, 0.6) is 0 Å². The number of nitrogens with one attached hydrogen (secondary N) is 1. The van der Waals surface area contributed by atoms with Crippen LogP contribution in [0.1, 0.15) is 12.5 Å². The number of hydrogen-bond donors (Lipinski definition) is 2. The molecule has 0 amide bonds. The summed E-state index contributed by atoms with van der Waals surface area (Å²) in [4.78, 5) is 0. The van der Waals surface area contributed by atoms with E-state index in [1.807, 2.05) is 17.8 Å². The van der Waals surface area contributed by atoms with E-state index in [9.17, 15) is 0 Å². The largest absolute Gasteiger partial charge is 0.271 e. The molecular formula is C11H17BrN2S. The SMILES string of the molecule is CCSCC(Cc1cccc(Br)c1)NN. The molecule has 0 saturated heterocycles. The molecule has 0 aliphatic carbocycles. The molecule has 84 valence electrons. The standard InChI is InChI=1S/C11H17BrN2S/c1-2-15-8-11(14-13)7-9-4-3-5-10(12)6-9/h3-6,11,14H,2,7-8,13H2,1H3. The lowest BCUT2D eigenvalue weighted by Crippen LogP contribution is -2.38. The van der Waals surface area contributed by atoms with Crippen molar-refractivity contribution < 1.29 is 0 Å². The second-order valence-electron chi connectivity index (χ2n) is 3.36. The highest BCUT2D eigenvalue weighted by Crippen LogP contribution is 2.14. The highest BCUT2D eigenvalue weighted by molar-refractivity contribution is 9.10. The first-order chi connectivity index (χ1) is 7.26. The van der Waals surface area contributed by atoms with Crippen molar-refractivity contribution in [3.05, 3.63) is 34.3 Å². The van der Waals surface area contributed by atoms with E-state index in [0.29, 0.717) is 6.04 Å². The highest BCUT2D eigenvalue weighted by Gasteiger charge is 2.07. The summed E-state index contributed by atoms with van der Waals surface area (Å²) < 4.78 is 1.12. The highest BCUT2D eigenvalue weighted by atomic mass is 79.9. The van der Waals surface area contributed by atoms with Crippen LogP contribution < -0.4 is 11.3 Å². The van der Waals surface area contributed by atoms with E-state index in [2.05, 4.69) is 46.5 Å². The van der Waals surface area contributed by atoms with Crippen molar-refractivity contribution in [1.82, 2.24) is 5.43 Å². The minimum atomic E-state index is 0.351. The number of halogens is 1. The molecule has 1 aromatic rings. The van der Waals surface area contributed by atoms with Crippen molar-refractivity contribution in [2.45, 2.75) is 19.4 Å². The van der Waals surface area contributed by atoms with Gasteiger partial charge in [-0.05, 0) is 29.9 Å². The Morgan fingerprint density at radius 2 is 2.33 bits per heavy atom. The molecule has 0 heterocycles. The lowest BCUT2D eigenvalue weighted by molar-refractivity contribution is 0.575. The predicted molar refractivity (Wildman–Crippen MR) is 72.0 cm³/mol. The molecule has 3 N–H and O–H groups in total. The van der Waals surface area contributed by atoms with Gasteiger partial charge in [-0.3, -0.25) is 11.3 Å². The summed E-state index contributed by atoms with van der Waals surface area (Å²) in [6.45, 7) is 2.16. The maximum Gasteiger partial charge on any atom is 0.0341 e. The monoisotopic (exact) mass is 288 g/mol. The van der Waals surface area contributed by atoms with Gasteiger partial charge in [0.1, 0.15) is 0 Å². The molecule has 1 aromatic carbocycles. The molecule has 0 saturated carbocycles. The summed E-state index contributed by atoms with van der Waals surface area (Å²) in [5, 5.41) is 0. The molecule has 0 fully saturated rings. The maximum atomic E-state index is 5.52. The van der Waals surface area contributed by atoms with Crippen LogP contribution in [0, 0.1) is 0 Å². The van der Waals surface area contributed by atoms with Gasteiger partial charge in [-0.15, -0.1) is 0 Å². The van der Waals surface area contributed by atoms with Crippen molar-refractivity contribution in [3.63, 3.8) is 0 Å². The van der Waals surface area contributed by atoms with Crippen molar-refractivity contribution in [2.75, 3.05) is 11.5 Å². The molecule has 0 aliphatic heterocycles. The fourth-order valence-corrected chi connectivity index (χ4v) is 2.56. The van der Waals surface area contributed by atoms with Crippen LogP contribution in [-0.2, 0) is 6.42 Å². The average Bonchev–Trinajstić information content (AvgIpc) is 2.24. The zero-order chi connectivity index (χ0) is 11.1. The molecule has 15 heavy (non-hydrogen) atoms. The molecule has 1 unspecified atom stereocenters. The van der Waals surface area contributed by atoms with Crippen molar-refractivity contribution >= 4 is 27.7 Å². The predicted octanol–water partition coefficient (Wildman–Crippen LogP) is 2.58. The minimum absolute atomic E-state index is 0.351. The normalized spacial score (nSPS) is 12.7. The molecule has 1 atom stereocenters. The van der Waals surface area contributed by atoms with E-state index in [0.717, 1.165) is 22.4 Å². The topological polar surface area (TPSA) is 38.0 Å². The van der Waals surface area contributed by atoms with E-state index < -0.39 is 0 Å². The molecule has 4 heteroatoms. The Kier molecular flexibility index (Phi) is 6.32. The molecule has 0 aromatic heterocycles. The number of rotatable bonds is 6. The molecule has 0 bridgehead atoms. The number of hydrazine groups is 1. The van der Waals surface area contributed by atoms with E-state index in [4.69, 9.17) is 5.84 Å². The van der Waals surface area contributed by atoms with Crippen LogP contribution >= 0.6 is 27.7 Å². The fraction of sp³-hybridized carbons (Fsp3) is 0.455. The Labute approximate surface area is 104 Å². The van der Waals surface area contributed by atoms with Crippen molar-refractivity contribution in [2.24, 2.45) is 5.84 Å². The van der Waals surface area contributed by atoms with Gasteiger partial charge in [-0.1, -0.05) is 35.0 Å². The van der Waals surface area contributed by atoms with Gasteiger partial charge < -0.3 is 0 Å². The maximum absolute atomic E-state index is 5.52. The molecule has 0 spiro atoms. The summed E-state index contributed by atoms with van der Waals surface area (Å²) in [6, 6.07) is 8.71. The third kappa shape index (κ3) is 5.02. The van der Waals surface area contributed by atoms with Crippen LogP contribution in [-0.4, -0.2) is 17.5 Å². The number of thioether (sulfide) groups is 1. The molecular weight excluding hydrogens is 272 g/mol. The zero-order valence-corrected chi connectivity index (χ0v) is 11.3. The van der Waals surface area contributed by atoms with Crippen LogP contribution in [0.4, 0.5) is 0 Å². The van der Waals surface area contributed by atoms with E-state index in [1.165, 1.54) is 5.56 Å². The van der Waals surface area contributed by atoms with Crippen LogP contribution in [0.25, 0.3) is 0 Å². The average molecular weight is 289 g/mol. The van der Waals surface area contributed by atoms with Gasteiger partial charge in [-0.25, -0.2) is 0 Å². The number of hydrogen-bond acceptors (Lipinski definition) is 3. The third-order valence-corrected chi connectivity index (χ3v) is 3.67. The van der Waals surface area contributed by atoms with Gasteiger partial charge in [0.15, 0.2) is 0 Å². The Balaban J connectivity index is 2.50. The summed E-state index contributed by atoms with van der Waals surface area (Å²) >= 11 is 5.38. The van der Waals surface area contributed by atoms with Crippen molar-refractivity contribution in [3.8, 4) is 0 Å². The first kappa shape index (κ1) is 13.0. The zero-order valence-electron chi connectivity index (χ0n) is 8.87. The smallest absolute Gasteiger partial charge is 0.0341 e. The van der Waals surface area contributed by atoms with Gasteiger partial charge in [0, 0.05) is 16.3 Å². The molecule has 1 rings (SSSR count). The summed E-state index contributed by atoms with van der Waals surface area (Å²) in [6.07, 6.45) is 0.975. The Morgan fingerprint density at radius 1 is 1.53 bits per heavy atom. The second-order valence-corrected chi connectivity index (χ2v) is 5.59. The lowest BCUT2D eigenvalue weighted by Gasteiger charge is -2.15. The van der Waals surface area contributed by atoms with Gasteiger partial charge in [-0.2, -0.15) is 11.8 Å². The van der Waals surface area contributed by atoms with Crippen LogP contribution in [0.3, 0.4) is 0 Å². The van der Waals surface area contributed by atoms with Crippen LogP contribution in [0.2, 0.25) is 0 Å². The fourth-order valence-electron chi connectivity index (χ4n) is 1.37. The molecule has 0 radical (unpaired) electrons. The minimum Gasteiger partial charge on any atom is -0.271 e. The number of benzene rings is 1. The first-order valence-electron chi connectivity index (χ1n) is 5.04. The quantitative estimate of drug-likeness (QED) is 0.624. The summed E-state index contributed by atoms with van der Waals surface area (Å²) in [7, 11) is 0. The summed E-state index contributed by atoms with van der Waals surface area (Å²) in [5.74, 6) is 7.72. The van der Waals surface area contributed by atoms with Crippen LogP contribution in [0.15, 0.2) is 28.7 Å². The lowest BCUT2D eigenvalue weighted by atomic mass is 10.1. The molecule has 2 nitrogen and oxygen atoms in total. The summed E-state index contributed by atoms with van der Waals surface area (Å²) in [5.41, 5.74) is 4.18. The molecule has 0 aliphatic rings. The number of nitrogens with two attached hydrogens (primary N) is 1. The third-order valence-electron chi connectivity index (χ3n) is 2.13. The van der Waals surface area contributed by atoms with Crippen molar-refractivity contribution in [1.29, 1.82) is 0 Å². The van der Waals surface area contributed by atoms with Gasteiger partial charge >= 0.3 is 0 Å². The van der Waals surface area contributed by atoms with E-state index >= 15 is 0 Å². The second kappa shape index (κ2) is 7.28. The van der Waals surface area contributed by atoms with E-state index in [-0.39, 0.29) is 0 Å².